The standard InChI is InChI=1S/C25H24F2N6O6S/c1-33-7-6-31-23(33)14-9-13(40(37)19(10-28)25(35)36)3-5-17(14)38-21-15(26)11-32-24(20(21)27)39-18-8-12(22(29)30)2-4-16(18)34/h2-6,8-9,11,19,23,34H,7,10,28H2,1H3,(H3,29,30)(H,35,36). The van der Waals surface area contributed by atoms with Gasteiger partial charge in [0.05, 0.1) is 12.7 Å². The number of aromatic hydroxyl groups is 1. The molecule has 4 rings (SSSR count). The summed E-state index contributed by atoms with van der Waals surface area (Å²) in [7, 11) is 1.73. The van der Waals surface area contributed by atoms with Crippen LogP contribution in [0.15, 0.2) is 52.5 Å². The zero-order chi connectivity index (χ0) is 29.1. The van der Waals surface area contributed by atoms with Crippen LogP contribution < -0.4 is 20.9 Å². The third-order valence-corrected chi connectivity index (χ3v) is 7.49. The largest absolute Gasteiger partial charge is 0.611 e. The number of aliphatic carboxylic acids is 1. The fourth-order valence-electron chi connectivity index (χ4n) is 3.77. The minimum Gasteiger partial charge on any atom is -0.611 e. The number of carbonyl (C=O) groups is 1. The van der Waals surface area contributed by atoms with E-state index in [0.717, 1.165) is 0 Å². The smallest absolute Gasteiger partial charge is 0.358 e. The Kier molecular flexibility index (Phi) is 8.49. The molecule has 0 saturated heterocycles. The summed E-state index contributed by atoms with van der Waals surface area (Å²) >= 11 is -2.05. The highest BCUT2D eigenvalue weighted by Gasteiger charge is 2.33. The van der Waals surface area contributed by atoms with Crippen molar-refractivity contribution in [2.24, 2.45) is 16.5 Å². The van der Waals surface area contributed by atoms with Gasteiger partial charge in [-0.25, -0.2) is 14.2 Å². The van der Waals surface area contributed by atoms with Crippen LogP contribution in [0.25, 0.3) is 0 Å². The Labute approximate surface area is 229 Å². The van der Waals surface area contributed by atoms with E-state index in [1.165, 1.54) is 36.4 Å². The summed E-state index contributed by atoms with van der Waals surface area (Å²) in [5.41, 5.74) is 11.4. The molecule has 0 saturated carbocycles. The number of rotatable bonds is 10. The molecule has 0 aliphatic carbocycles. The Balaban J connectivity index is 1.73. The van der Waals surface area contributed by atoms with Gasteiger partial charge in [0.1, 0.15) is 17.8 Å². The second kappa shape index (κ2) is 11.8. The van der Waals surface area contributed by atoms with Crippen LogP contribution in [0.2, 0.25) is 0 Å². The number of benzene rings is 2. The van der Waals surface area contributed by atoms with E-state index in [4.69, 9.17) is 26.4 Å². The number of nitrogen functional groups attached to an aromatic ring is 1. The monoisotopic (exact) mass is 574 g/mol. The molecule has 3 atom stereocenters. The Morgan fingerprint density at radius 2 is 2.02 bits per heavy atom. The number of aliphatic imine (C=N–C) groups is 1. The van der Waals surface area contributed by atoms with Crippen LogP contribution >= 0.6 is 0 Å². The van der Waals surface area contributed by atoms with Gasteiger partial charge in [0, 0.05) is 41.1 Å². The fraction of sp³-hybridized carbons (Fsp3) is 0.200. The van der Waals surface area contributed by atoms with E-state index in [-0.39, 0.29) is 39.9 Å². The maximum Gasteiger partial charge on any atom is 0.358 e. The van der Waals surface area contributed by atoms with Crippen molar-refractivity contribution in [1.82, 2.24) is 9.88 Å². The summed E-state index contributed by atoms with van der Waals surface area (Å²) in [5.74, 6) is -6.60. The highest BCUT2D eigenvalue weighted by molar-refractivity contribution is 7.92. The molecule has 40 heavy (non-hydrogen) atoms. The molecule has 15 heteroatoms. The van der Waals surface area contributed by atoms with Crippen molar-refractivity contribution >= 4 is 29.2 Å². The lowest BCUT2D eigenvalue weighted by Crippen LogP contribution is -2.37. The van der Waals surface area contributed by atoms with Gasteiger partial charge in [0.25, 0.3) is 5.88 Å². The predicted molar refractivity (Wildman–Crippen MR) is 141 cm³/mol. The maximum atomic E-state index is 15.5. The second-order valence-electron chi connectivity index (χ2n) is 8.56. The lowest BCUT2D eigenvalue weighted by Gasteiger charge is -2.23. The highest BCUT2D eigenvalue weighted by Crippen LogP contribution is 2.40. The van der Waals surface area contributed by atoms with E-state index >= 15 is 4.39 Å². The number of nitrogens with zero attached hydrogens (tertiary/aromatic N) is 3. The van der Waals surface area contributed by atoms with Crippen molar-refractivity contribution in [3.63, 3.8) is 0 Å². The normalized spacial score (nSPS) is 16.5. The van der Waals surface area contributed by atoms with E-state index in [1.54, 1.807) is 18.2 Å². The molecule has 7 N–H and O–H groups in total. The van der Waals surface area contributed by atoms with Gasteiger partial charge in [-0.1, -0.05) is 0 Å². The van der Waals surface area contributed by atoms with Crippen LogP contribution in [0.5, 0.6) is 28.9 Å². The predicted octanol–water partition coefficient (Wildman–Crippen LogP) is 2.47. The molecular weight excluding hydrogens is 550 g/mol. The molecule has 0 bridgehead atoms. The number of nitrogens with one attached hydrogen (secondary N) is 1. The molecular formula is C25H24F2N6O6S. The number of amidine groups is 1. The van der Waals surface area contributed by atoms with Crippen molar-refractivity contribution in [2.75, 3.05) is 20.1 Å². The summed E-state index contributed by atoms with van der Waals surface area (Å²) in [6.45, 7) is 0.0644. The van der Waals surface area contributed by atoms with Gasteiger partial charge < -0.3 is 35.7 Å². The van der Waals surface area contributed by atoms with Gasteiger partial charge in [-0.05, 0) is 37.4 Å². The van der Waals surface area contributed by atoms with E-state index in [0.29, 0.717) is 12.7 Å². The topological polar surface area (TPSA) is 203 Å². The molecule has 2 aromatic carbocycles. The number of phenols is 1. The first kappa shape index (κ1) is 28.7. The first-order valence-electron chi connectivity index (χ1n) is 11.6. The Morgan fingerprint density at radius 3 is 2.65 bits per heavy atom. The molecule has 12 nitrogen and oxygen atoms in total. The molecule has 0 spiro atoms. The summed E-state index contributed by atoms with van der Waals surface area (Å²) in [6.07, 6.45) is 1.57. The number of carboxylic acid groups (broad SMARTS) is 1. The average molecular weight is 575 g/mol. The molecule has 0 fully saturated rings. The number of aromatic nitrogens is 1. The zero-order valence-corrected chi connectivity index (χ0v) is 21.7. The summed E-state index contributed by atoms with van der Waals surface area (Å²) in [5, 5.41) is 25.6. The number of hydrogen-bond donors (Lipinski definition) is 5. The van der Waals surface area contributed by atoms with E-state index < -0.39 is 57.6 Å². The lowest BCUT2D eigenvalue weighted by molar-refractivity contribution is -0.136. The zero-order valence-electron chi connectivity index (χ0n) is 20.9. The van der Waals surface area contributed by atoms with Crippen LogP contribution in [0, 0.1) is 17.0 Å². The van der Waals surface area contributed by atoms with Crippen LogP contribution in [-0.2, 0) is 16.0 Å². The lowest BCUT2D eigenvalue weighted by atomic mass is 10.1. The third kappa shape index (κ3) is 5.81. The summed E-state index contributed by atoms with van der Waals surface area (Å²) in [4.78, 5) is 21.3. The number of phenolic OH excluding ortho intramolecular Hbond substituents is 1. The quantitative estimate of drug-likeness (QED) is 0.136. The molecule has 1 aliphatic heterocycles. The minimum atomic E-state index is -2.05. The van der Waals surface area contributed by atoms with Crippen molar-refractivity contribution < 1.29 is 37.8 Å². The Bertz CT molecular complexity index is 1490. The maximum absolute atomic E-state index is 15.5. The number of halogens is 2. The number of hydrogen-bond acceptors (Lipinski definition) is 10. The highest BCUT2D eigenvalue weighted by atomic mass is 32.2. The van der Waals surface area contributed by atoms with Crippen LogP contribution in [0.1, 0.15) is 17.3 Å². The van der Waals surface area contributed by atoms with Crippen LogP contribution in [0.3, 0.4) is 0 Å². The van der Waals surface area contributed by atoms with E-state index in [2.05, 4.69) is 9.98 Å². The number of carboxylic acids is 1. The van der Waals surface area contributed by atoms with Gasteiger partial charge in [-0.15, -0.1) is 0 Å². The van der Waals surface area contributed by atoms with E-state index in [9.17, 15) is 24.0 Å². The van der Waals surface area contributed by atoms with E-state index in [1.807, 2.05) is 0 Å². The average Bonchev–Trinajstić information content (AvgIpc) is 3.34. The molecule has 3 aromatic rings. The van der Waals surface area contributed by atoms with Crippen molar-refractivity contribution in [1.29, 1.82) is 5.41 Å². The van der Waals surface area contributed by atoms with Crippen molar-refractivity contribution in [3.05, 3.63) is 65.4 Å². The van der Waals surface area contributed by atoms with Crippen LogP contribution in [-0.4, -0.2) is 68.1 Å². The van der Waals surface area contributed by atoms with Gasteiger partial charge in [0.15, 0.2) is 22.2 Å². The van der Waals surface area contributed by atoms with Gasteiger partial charge in [0.2, 0.25) is 16.8 Å². The van der Waals surface area contributed by atoms with Crippen molar-refractivity contribution in [3.8, 4) is 28.9 Å². The fourth-order valence-corrected chi connectivity index (χ4v) is 4.90. The molecule has 0 radical (unpaired) electrons. The molecule has 210 valence electrons. The molecule has 1 aromatic heterocycles. The molecule has 0 amide bonds. The number of pyridine rings is 1. The third-order valence-electron chi connectivity index (χ3n) is 5.86. The SMILES string of the molecule is CN1CC=NC1c1cc([S+]([O-])C(CN)C(=O)O)ccc1Oc1c(F)cnc(Oc2cc(C(=N)N)ccc2O)c1F. The first-order valence-corrected chi connectivity index (χ1v) is 12.8. The van der Waals surface area contributed by atoms with Crippen LogP contribution in [0.4, 0.5) is 8.78 Å². The second-order valence-corrected chi connectivity index (χ2v) is 10.2. The van der Waals surface area contributed by atoms with Gasteiger partial charge in [-0.2, -0.15) is 4.39 Å². The molecule has 3 unspecified atom stereocenters. The van der Waals surface area contributed by atoms with Gasteiger partial charge >= 0.3 is 5.97 Å². The number of ether oxygens (including phenoxy) is 2. The molecule has 2 heterocycles. The molecule has 1 aliphatic rings. The first-order chi connectivity index (χ1) is 19.0. The minimum absolute atomic E-state index is 0.0624. The Morgan fingerprint density at radius 1 is 1.27 bits per heavy atom. The van der Waals surface area contributed by atoms with Gasteiger partial charge in [-0.3, -0.25) is 15.3 Å². The van der Waals surface area contributed by atoms with Crippen molar-refractivity contribution in [2.45, 2.75) is 16.3 Å². The number of nitrogens with two attached hydrogens (primary N) is 2. The summed E-state index contributed by atoms with van der Waals surface area (Å²) in [6, 6.07) is 7.70. The Hall–Kier alpha value is -4.31. The summed E-state index contributed by atoms with van der Waals surface area (Å²) < 4.78 is 54.2.